The van der Waals surface area contributed by atoms with Crippen molar-refractivity contribution in [1.29, 1.82) is 0 Å². The highest BCUT2D eigenvalue weighted by Crippen LogP contribution is 2.31. The van der Waals surface area contributed by atoms with Crippen LogP contribution in [0.1, 0.15) is 41.9 Å². The number of carbonyl (C=O) groups excluding carboxylic acids is 1. The van der Waals surface area contributed by atoms with E-state index < -0.39 is 33.0 Å². The Labute approximate surface area is 242 Å². The third kappa shape index (κ3) is 7.46. The Bertz CT molecular complexity index is 1390. The largest absolute Gasteiger partial charge is 0.492 e. The van der Waals surface area contributed by atoms with Crippen molar-refractivity contribution in [3.63, 3.8) is 0 Å². The Kier molecular flexibility index (Phi) is 10.8. The molecule has 14 heteroatoms. The first kappa shape index (κ1) is 31.7. The molecule has 2 aromatic carbocycles. The van der Waals surface area contributed by atoms with E-state index in [0.29, 0.717) is 42.9 Å². The molecule has 0 spiro atoms. The summed E-state index contributed by atoms with van der Waals surface area (Å²) in [6, 6.07) is 9.80. The first-order valence-corrected chi connectivity index (χ1v) is 14.8. The number of rotatable bonds is 11. The summed E-state index contributed by atoms with van der Waals surface area (Å²) in [4.78, 5) is 17.0. The van der Waals surface area contributed by atoms with Gasteiger partial charge < -0.3 is 21.1 Å². The highest BCUT2D eigenvalue weighted by molar-refractivity contribution is 7.89. The third-order valence-corrected chi connectivity index (χ3v) is 9.13. The van der Waals surface area contributed by atoms with Gasteiger partial charge in [-0.05, 0) is 49.2 Å². The second-order valence-electron chi connectivity index (χ2n) is 9.41. The van der Waals surface area contributed by atoms with Gasteiger partial charge in [0.1, 0.15) is 34.7 Å². The molecule has 218 valence electrons. The first-order valence-electron chi connectivity index (χ1n) is 12.5. The number of aromatic nitrogens is 1. The van der Waals surface area contributed by atoms with Crippen molar-refractivity contribution in [3.8, 4) is 5.75 Å². The predicted molar refractivity (Wildman–Crippen MR) is 154 cm³/mol. The number of hydrogen-bond donors (Lipinski definition) is 3. The van der Waals surface area contributed by atoms with Crippen molar-refractivity contribution in [3.05, 3.63) is 64.5 Å². The third-order valence-electron chi connectivity index (χ3n) is 6.22. The Morgan fingerprint density at radius 1 is 1.15 bits per heavy atom. The van der Waals surface area contributed by atoms with Gasteiger partial charge >= 0.3 is 0 Å². The Morgan fingerprint density at radius 2 is 1.77 bits per heavy atom. The number of nitrogens with zero attached hydrogens (tertiary/aromatic N) is 2. The number of nitrogens with two attached hydrogens (primary N) is 1. The van der Waals surface area contributed by atoms with Gasteiger partial charge in [0, 0.05) is 31.7 Å². The molecule has 0 amide bonds. The lowest BCUT2D eigenvalue weighted by atomic mass is 10.1. The van der Waals surface area contributed by atoms with Gasteiger partial charge in [0.2, 0.25) is 15.8 Å². The predicted octanol–water partition coefficient (Wildman–Crippen LogP) is 4.30. The van der Waals surface area contributed by atoms with Gasteiger partial charge in [-0.1, -0.05) is 31.3 Å². The minimum atomic E-state index is -3.68. The van der Waals surface area contributed by atoms with Crippen molar-refractivity contribution in [2.45, 2.75) is 43.7 Å². The molecular formula is C26H32ClF2N5O4S2. The molecule has 1 aliphatic rings. The molecule has 1 aromatic heterocycles. The van der Waals surface area contributed by atoms with Gasteiger partial charge in [0.05, 0.1) is 10.5 Å². The van der Waals surface area contributed by atoms with E-state index >= 15 is 0 Å². The van der Waals surface area contributed by atoms with E-state index in [4.69, 9.17) is 10.5 Å². The number of nitrogens with one attached hydrogen (secondary N) is 2. The second kappa shape index (κ2) is 13.7. The standard InChI is InChI=1S/C26H31F2N5O4S2.ClH/c1-16(2)30-12-15-37-18-6-8-19(9-7-18)39(35,36)33-13-10-17(11-14-33)31-26-32-25(29)24(38-26)23(34)22-20(27)4-3-5-21(22)28;/h3-9,16-17,30H,10-15,29H2,1-2H3,(H,31,32);1H. The van der Waals surface area contributed by atoms with Gasteiger partial charge in [-0.25, -0.2) is 22.2 Å². The molecule has 4 N–H and O–H groups in total. The number of sulfonamides is 1. The molecule has 0 bridgehead atoms. The summed E-state index contributed by atoms with van der Waals surface area (Å²) in [6.07, 6.45) is 0.988. The number of ether oxygens (including phenoxy) is 1. The van der Waals surface area contributed by atoms with Gasteiger partial charge in [0.25, 0.3) is 0 Å². The molecule has 1 saturated heterocycles. The average molecular weight is 616 g/mol. The number of hydrogen-bond acceptors (Lipinski definition) is 9. The van der Waals surface area contributed by atoms with E-state index in [1.54, 1.807) is 24.3 Å². The summed E-state index contributed by atoms with van der Waals surface area (Å²) in [6.45, 7) is 5.83. The number of benzene rings is 2. The fourth-order valence-corrected chi connectivity index (χ4v) is 6.55. The molecule has 3 aromatic rings. The first-order chi connectivity index (χ1) is 18.6. The fraction of sp³-hybridized carbons (Fsp3) is 0.385. The minimum Gasteiger partial charge on any atom is -0.492 e. The summed E-state index contributed by atoms with van der Waals surface area (Å²) in [5.41, 5.74) is 5.20. The monoisotopic (exact) mass is 615 g/mol. The zero-order valence-electron chi connectivity index (χ0n) is 22.0. The molecule has 0 saturated carbocycles. The molecule has 4 rings (SSSR count). The number of nitrogen functional groups attached to an aromatic ring is 1. The average Bonchev–Trinajstić information content (AvgIpc) is 3.26. The van der Waals surface area contributed by atoms with Crippen molar-refractivity contribution >= 4 is 50.5 Å². The van der Waals surface area contributed by atoms with E-state index in [0.717, 1.165) is 23.5 Å². The molecule has 1 aliphatic heterocycles. The highest BCUT2D eigenvalue weighted by Gasteiger charge is 2.30. The Hall–Kier alpha value is -2.84. The van der Waals surface area contributed by atoms with Crippen LogP contribution < -0.4 is 21.1 Å². The lowest BCUT2D eigenvalue weighted by molar-refractivity contribution is 0.103. The smallest absolute Gasteiger partial charge is 0.243 e. The maximum Gasteiger partial charge on any atom is 0.243 e. The van der Waals surface area contributed by atoms with Crippen LogP contribution in [-0.4, -0.2) is 61.8 Å². The van der Waals surface area contributed by atoms with Crippen molar-refractivity contribution in [1.82, 2.24) is 14.6 Å². The second-order valence-corrected chi connectivity index (χ2v) is 12.3. The van der Waals surface area contributed by atoms with Crippen LogP contribution in [0.5, 0.6) is 5.75 Å². The molecule has 0 unspecified atom stereocenters. The number of carbonyl (C=O) groups is 1. The molecule has 1 fully saturated rings. The lowest BCUT2D eigenvalue weighted by Gasteiger charge is -2.31. The van der Waals surface area contributed by atoms with Crippen LogP contribution in [0.4, 0.5) is 19.7 Å². The number of piperidine rings is 1. The van der Waals surface area contributed by atoms with E-state index in [9.17, 15) is 22.0 Å². The van der Waals surface area contributed by atoms with Crippen LogP contribution in [0.3, 0.4) is 0 Å². The van der Waals surface area contributed by atoms with Gasteiger partial charge in [0.15, 0.2) is 5.13 Å². The zero-order valence-corrected chi connectivity index (χ0v) is 24.5. The highest BCUT2D eigenvalue weighted by atomic mass is 35.5. The molecule has 40 heavy (non-hydrogen) atoms. The van der Waals surface area contributed by atoms with Crippen LogP contribution in [0, 0.1) is 11.6 Å². The lowest BCUT2D eigenvalue weighted by Crippen LogP contribution is -2.42. The van der Waals surface area contributed by atoms with Crippen molar-refractivity contribution in [2.75, 3.05) is 37.3 Å². The minimum absolute atomic E-state index is 0. The molecular weight excluding hydrogens is 584 g/mol. The molecule has 0 atom stereocenters. The Morgan fingerprint density at radius 3 is 2.38 bits per heavy atom. The van der Waals surface area contributed by atoms with Gasteiger partial charge in [-0.3, -0.25) is 4.79 Å². The van der Waals surface area contributed by atoms with Crippen LogP contribution in [-0.2, 0) is 10.0 Å². The van der Waals surface area contributed by atoms with Crippen LogP contribution in [0.2, 0.25) is 0 Å². The number of anilines is 2. The maximum atomic E-state index is 14.1. The van der Waals surface area contributed by atoms with E-state index in [-0.39, 0.29) is 47.1 Å². The summed E-state index contributed by atoms with van der Waals surface area (Å²) >= 11 is 0.908. The molecule has 0 radical (unpaired) electrons. The zero-order chi connectivity index (χ0) is 28.2. The van der Waals surface area contributed by atoms with Crippen LogP contribution in [0.25, 0.3) is 0 Å². The van der Waals surface area contributed by atoms with Gasteiger partial charge in [-0.2, -0.15) is 4.31 Å². The van der Waals surface area contributed by atoms with Crippen molar-refractivity contribution < 1.29 is 26.7 Å². The summed E-state index contributed by atoms with van der Waals surface area (Å²) in [5.74, 6) is -2.35. The maximum absolute atomic E-state index is 14.1. The van der Waals surface area contributed by atoms with Gasteiger partial charge in [-0.15, -0.1) is 12.4 Å². The Balaban J connectivity index is 0.00000441. The number of ketones is 1. The molecule has 2 heterocycles. The van der Waals surface area contributed by atoms with E-state index in [2.05, 4.69) is 15.6 Å². The van der Waals surface area contributed by atoms with E-state index in [1.807, 2.05) is 13.8 Å². The topological polar surface area (TPSA) is 127 Å². The number of thiazole rings is 1. The number of halogens is 3. The quantitative estimate of drug-likeness (QED) is 0.215. The normalized spacial score (nSPS) is 14.6. The summed E-state index contributed by atoms with van der Waals surface area (Å²) in [5, 5.41) is 6.75. The summed E-state index contributed by atoms with van der Waals surface area (Å²) < 4.78 is 61.5. The molecule has 0 aliphatic carbocycles. The van der Waals surface area contributed by atoms with E-state index in [1.165, 1.54) is 10.4 Å². The SMILES string of the molecule is CC(C)NCCOc1ccc(S(=O)(=O)N2CCC(Nc3nc(N)c(C(=O)c4c(F)cccc4F)s3)CC2)cc1.Cl. The summed E-state index contributed by atoms with van der Waals surface area (Å²) in [7, 11) is -3.68. The van der Waals surface area contributed by atoms with Crippen LogP contribution in [0.15, 0.2) is 47.4 Å². The fourth-order valence-electron chi connectivity index (χ4n) is 4.17. The molecule has 9 nitrogen and oxygen atoms in total. The van der Waals surface area contributed by atoms with Crippen molar-refractivity contribution in [2.24, 2.45) is 0 Å². The van der Waals surface area contributed by atoms with Crippen LogP contribution >= 0.6 is 23.7 Å².